The standard InChI is InChI=1S/C12H16ClN5O2/c1-8-10(7-18(17-8)4-5-19-2)15-12-14-6-9(13)11(16-12)20-3/h6-7H,4-5H2,1-3H3,(H,14,15,16). The Morgan fingerprint density at radius 1 is 1.40 bits per heavy atom. The maximum atomic E-state index is 5.88. The van der Waals surface area contributed by atoms with E-state index in [2.05, 4.69) is 20.4 Å². The summed E-state index contributed by atoms with van der Waals surface area (Å²) in [4.78, 5) is 8.26. The Morgan fingerprint density at radius 2 is 2.20 bits per heavy atom. The molecule has 0 bridgehead atoms. The quantitative estimate of drug-likeness (QED) is 0.879. The van der Waals surface area contributed by atoms with Crippen LogP contribution in [0.1, 0.15) is 5.69 Å². The normalized spacial score (nSPS) is 10.6. The predicted octanol–water partition coefficient (Wildman–Crippen LogP) is 2.03. The molecule has 1 N–H and O–H groups in total. The molecule has 0 saturated heterocycles. The van der Waals surface area contributed by atoms with Crippen LogP contribution in [0.5, 0.6) is 5.88 Å². The van der Waals surface area contributed by atoms with E-state index in [4.69, 9.17) is 21.1 Å². The van der Waals surface area contributed by atoms with Crippen LogP contribution in [0.4, 0.5) is 11.6 Å². The van der Waals surface area contributed by atoms with Crippen LogP contribution < -0.4 is 10.1 Å². The molecule has 8 heteroatoms. The van der Waals surface area contributed by atoms with Gasteiger partial charge in [-0.2, -0.15) is 10.1 Å². The molecule has 0 aromatic carbocycles. The lowest BCUT2D eigenvalue weighted by molar-refractivity contribution is 0.183. The number of hydrogen-bond donors (Lipinski definition) is 1. The topological polar surface area (TPSA) is 74.1 Å². The summed E-state index contributed by atoms with van der Waals surface area (Å²) in [5.41, 5.74) is 1.67. The van der Waals surface area contributed by atoms with Crippen molar-refractivity contribution in [2.75, 3.05) is 26.1 Å². The number of aromatic nitrogens is 4. The van der Waals surface area contributed by atoms with E-state index in [0.717, 1.165) is 11.4 Å². The fourth-order valence-electron chi connectivity index (χ4n) is 1.62. The van der Waals surface area contributed by atoms with E-state index in [1.54, 1.807) is 11.8 Å². The summed E-state index contributed by atoms with van der Waals surface area (Å²) in [5.74, 6) is 0.731. The number of nitrogens with zero attached hydrogens (tertiary/aromatic N) is 4. The SMILES string of the molecule is COCCn1cc(Nc2ncc(Cl)c(OC)n2)c(C)n1. The summed E-state index contributed by atoms with van der Waals surface area (Å²) in [6, 6.07) is 0. The molecule has 0 amide bonds. The van der Waals surface area contributed by atoms with E-state index in [1.807, 2.05) is 13.1 Å². The largest absolute Gasteiger partial charge is 0.480 e. The molecule has 108 valence electrons. The van der Waals surface area contributed by atoms with Crippen LogP contribution in [0.2, 0.25) is 5.02 Å². The van der Waals surface area contributed by atoms with Crippen molar-refractivity contribution in [1.29, 1.82) is 0 Å². The smallest absolute Gasteiger partial charge is 0.237 e. The molecule has 0 aliphatic heterocycles. The molecule has 2 rings (SSSR count). The van der Waals surface area contributed by atoms with E-state index in [-0.39, 0.29) is 0 Å². The average molecular weight is 298 g/mol. The van der Waals surface area contributed by atoms with E-state index in [0.29, 0.717) is 30.0 Å². The molecule has 2 heterocycles. The second-order valence-electron chi connectivity index (χ2n) is 4.06. The number of hydrogen-bond acceptors (Lipinski definition) is 6. The van der Waals surface area contributed by atoms with Crippen LogP contribution in [0.3, 0.4) is 0 Å². The Balaban J connectivity index is 2.15. The van der Waals surface area contributed by atoms with Crippen molar-refractivity contribution in [2.24, 2.45) is 0 Å². The summed E-state index contributed by atoms with van der Waals surface area (Å²) < 4.78 is 11.9. The van der Waals surface area contributed by atoms with E-state index in [1.165, 1.54) is 13.3 Å². The molecule has 2 aromatic heterocycles. The fraction of sp³-hybridized carbons (Fsp3) is 0.417. The van der Waals surface area contributed by atoms with Gasteiger partial charge in [-0.25, -0.2) is 4.98 Å². The molecular formula is C12H16ClN5O2. The third-order valence-electron chi connectivity index (χ3n) is 2.62. The Labute approximate surface area is 121 Å². The Hall–Kier alpha value is -1.86. The van der Waals surface area contributed by atoms with Gasteiger partial charge in [-0.1, -0.05) is 11.6 Å². The van der Waals surface area contributed by atoms with Crippen LogP contribution in [-0.4, -0.2) is 40.6 Å². The molecule has 7 nitrogen and oxygen atoms in total. The third-order valence-corrected chi connectivity index (χ3v) is 2.88. The lowest BCUT2D eigenvalue weighted by atomic mass is 10.4. The van der Waals surface area contributed by atoms with Crippen molar-refractivity contribution in [1.82, 2.24) is 19.7 Å². The van der Waals surface area contributed by atoms with Gasteiger partial charge in [0.15, 0.2) is 0 Å². The van der Waals surface area contributed by atoms with E-state index >= 15 is 0 Å². The molecule has 0 radical (unpaired) electrons. The van der Waals surface area contributed by atoms with Crippen molar-refractivity contribution >= 4 is 23.2 Å². The molecule has 0 atom stereocenters. The molecule has 0 fully saturated rings. The lowest BCUT2D eigenvalue weighted by Crippen LogP contribution is -2.04. The predicted molar refractivity (Wildman–Crippen MR) is 75.7 cm³/mol. The number of nitrogens with one attached hydrogen (secondary N) is 1. The first-order valence-corrected chi connectivity index (χ1v) is 6.38. The molecule has 0 saturated carbocycles. The number of anilines is 2. The van der Waals surface area contributed by atoms with Gasteiger partial charge in [0, 0.05) is 13.3 Å². The second-order valence-corrected chi connectivity index (χ2v) is 4.47. The molecular weight excluding hydrogens is 282 g/mol. The molecule has 0 unspecified atom stereocenters. The summed E-state index contributed by atoms with van der Waals surface area (Å²) in [6.45, 7) is 3.19. The lowest BCUT2D eigenvalue weighted by Gasteiger charge is -2.05. The van der Waals surface area contributed by atoms with Crippen LogP contribution in [-0.2, 0) is 11.3 Å². The average Bonchev–Trinajstić information content (AvgIpc) is 2.79. The number of methoxy groups -OCH3 is 2. The van der Waals surface area contributed by atoms with Crippen LogP contribution in [0.15, 0.2) is 12.4 Å². The fourth-order valence-corrected chi connectivity index (χ4v) is 1.78. The first-order chi connectivity index (χ1) is 9.63. The minimum atomic E-state index is 0.327. The number of ether oxygens (including phenoxy) is 2. The van der Waals surface area contributed by atoms with Gasteiger partial charge in [-0.15, -0.1) is 0 Å². The molecule has 20 heavy (non-hydrogen) atoms. The molecule has 2 aromatic rings. The zero-order chi connectivity index (χ0) is 14.5. The van der Waals surface area contributed by atoms with Gasteiger partial charge in [-0.3, -0.25) is 4.68 Å². The van der Waals surface area contributed by atoms with E-state index in [9.17, 15) is 0 Å². The van der Waals surface area contributed by atoms with Crippen molar-refractivity contribution in [3.8, 4) is 5.88 Å². The number of aryl methyl sites for hydroxylation is 1. The van der Waals surface area contributed by atoms with Crippen LogP contribution >= 0.6 is 11.6 Å². The van der Waals surface area contributed by atoms with Gasteiger partial charge >= 0.3 is 0 Å². The summed E-state index contributed by atoms with van der Waals surface area (Å²) in [5, 5.41) is 7.82. The zero-order valence-corrected chi connectivity index (χ0v) is 12.3. The maximum Gasteiger partial charge on any atom is 0.237 e. The number of rotatable bonds is 6. The minimum Gasteiger partial charge on any atom is -0.480 e. The Kier molecular flexibility index (Phi) is 4.75. The Bertz CT molecular complexity index is 587. The Morgan fingerprint density at radius 3 is 2.90 bits per heavy atom. The zero-order valence-electron chi connectivity index (χ0n) is 11.6. The number of halogens is 1. The highest BCUT2D eigenvalue weighted by Crippen LogP contribution is 2.23. The highest BCUT2D eigenvalue weighted by Gasteiger charge is 2.09. The van der Waals surface area contributed by atoms with Crippen molar-refractivity contribution in [2.45, 2.75) is 13.5 Å². The van der Waals surface area contributed by atoms with Gasteiger partial charge in [0.05, 0.1) is 37.8 Å². The molecule has 0 spiro atoms. The highest BCUT2D eigenvalue weighted by molar-refractivity contribution is 6.31. The third kappa shape index (κ3) is 3.37. The first-order valence-electron chi connectivity index (χ1n) is 6.00. The van der Waals surface area contributed by atoms with Gasteiger partial charge < -0.3 is 14.8 Å². The monoisotopic (exact) mass is 297 g/mol. The van der Waals surface area contributed by atoms with Crippen molar-refractivity contribution in [3.63, 3.8) is 0 Å². The maximum absolute atomic E-state index is 5.88. The highest BCUT2D eigenvalue weighted by atomic mass is 35.5. The summed E-state index contributed by atoms with van der Waals surface area (Å²) in [7, 11) is 3.16. The van der Waals surface area contributed by atoms with Gasteiger partial charge in [0.1, 0.15) is 5.02 Å². The van der Waals surface area contributed by atoms with Gasteiger partial charge in [0.2, 0.25) is 11.8 Å². The van der Waals surface area contributed by atoms with Gasteiger partial charge in [-0.05, 0) is 6.92 Å². The first kappa shape index (κ1) is 14.5. The second kappa shape index (κ2) is 6.53. The van der Waals surface area contributed by atoms with E-state index < -0.39 is 0 Å². The van der Waals surface area contributed by atoms with Crippen molar-refractivity contribution < 1.29 is 9.47 Å². The molecule has 0 aliphatic rings. The van der Waals surface area contributed by atoms with Gasteiger partial charge in [0.25, 0.3) is 0 Å². The van der Waals surface area contributed by atoms with Crippen LogP contribution in [0.25, 0.3) is 0 Å². The van der Waals surface area contributed by atoms with Crippen molar-refractivity contribution in [3.05, 3.63) is 23.1 Å². The molecule has 0 aliphatic carbocycles. The minimum absolute atomic E-state index is 0.327. The summed E-state index contributed by atoms with van der Waals surface area (Å²) >= 11 is 5.88. The summed E-state index contributed by atoms with van der Waals surface area (Å²) in [6.07, 6.45) is 3.36. The van der Waals surface area contributed by atoms with Crippen LogP contribution in [0, 0.1) is 6.92 Å².